The number of primary amides is 1. The molecule has 3 heterocycles. The van der Waals surface area contributed by atoms with Crippen LogP contribution in [-0.4, -0.2) is 21.9 Å². The van der Waals surface area contributed by atoms with Crippen LogP contribution in [0.15, 0.2) is 22.0 Å². The van der Waals surface area contributed by atoms with Crippen molar-refractivity contribution in [2.24, 2.45) is 5.73 Å². The third kappa shape index (κ3) is 2.50. The molecule has 0 saturated heterocycles. The molecule has 0 aliphatic carbocycles. The predicted octanol–water partition coefficient (Wildman–Crippen LogP) is 3.47. The minimum atomic E-state index is -4.48. The van der Waals surface area contributed by atoms with E-state index in [1.165, 1.54) is 11.3 Å². The van der Waals surface area contributed by atoms with Gasteiger partial charge in [-0.1, -0.05) is 6.07 Å². The molecule has 1 aliphatic rings. The lowest BCUT2D eigenvalue weighted by Gasteiger charge is -2.33. The van der Waals surface area contributed by atoms with Crippen LogP contribution in [0, 0.1) is 0 Å². The molecule has 0 spiro atoms. The summed E-state index contributed by atoms with van der Waals surface area (Å²) in [6, 6.07) is 1.22. The molecule has 118 valence electrons. The van der Waals surface area contributed by atoms with E-state index in [0.717, 1.165) is 9.56 Å². The zero-order chi connectivity index (χ0) is 16.1. The fraction of sp³-hybridized carbons (Fsp3) is 0.333. The van der Waals surface area contributed by atoms with E-state index in [9.17, 15) is 18.0 Å². The highest BCUT2D eigenvalue weighted by Gasteiger charge is 2.47. The second-order valence-electron chi connectivity index (χ2n) is 4.83. The van der Waals surface area contributed by atoms with E-state index in [2.05, 4.69) is 26.3 Å². The van der Waals surface area contributed by atoms with Crippen LogP contribution in [0.1, 0.15) is 33.9 Å². The SMILES string of the molecule is NC(=O)c1nn2c(c1Br)N[C@H](c1cccs1)C[C@H]2C(F)(F)F. The van der Waals surface area contributed by atoms with Crippen molar-refractivity contribution in [2.45, 2.75) is 24.7 Å². The van der Waals surface area contributed by atoms with E-state index in [0.29, 0.717) is 0 Å². The molecule has 1 amide bonds. The van der Waals surface area contributed by atoms with Gasteiger partial charge in [0, 0.05) is 11.3 Å². The summed E-state index contributed by atoms with van der Waals surface area (Å²) in [6.07, 6.45) is -4.68. The summed E-state index contributed by atoms with van der Waals surface area (Å²) >= 11 is 4.48. The summed E-state index contributed by atoms with van der Waals surface area (Å²) in [5.74, 6) is -0.773. The lowest BCUT2D eigenvalue weighted by atomic mass is 10.0. The van der Waals surface area contributed by atoms with Crippen LogP contribution in [0.25, 0.3) is 0 Å². The van der Waals surface area contributed by atoms with Crippen LogP contribution < -0.4 is 11.1 Å². The van der Waals surface area contributed by atoms with Gasteiger partial charge in [0.1, 0.15) is 5.82 Å². The molecule has 0 aromatic carbocycles. The molecule has 3 N–H and O–H groups in total. The van der Waals surface area contributed by atoms with Crippen LogP contribution in [-0.2, 0) is 0 Å². The number of nitrogens with two attached hydrogens (primary N) is 1. The number of carbonyl (C=O) groups excluding carboxylic acids is 1. The molecule has 5 nitrogen and oxygen atoms in total. The molecule has 2 aromatic heterocycles. The minimum Gasteiger partial charge on any atom is -0.364 e. The van der Waals surface area contributed by atoms with Gasteiger partial charge in [-0.2, -0.15) is 18.3 Å². The number of fused-ring (bicyclic) bond motifs is 1. The third-order valence-electron chi connectivity index (χ3n) is 3.42. The fourth-order valence-corrected chi connectivity index (χ4v) is 3.78. The average molecular weight is 395 g/mol. The Kier molecular flexibility index (Phi) is 3.68. The number of amides is 1. The molecule has 1 aliphatic heterocycles. The van der Waals surface area contributed by atoms with Crippen molar-refractivity contribution in [1.29, 1.82) is 0 Å². The predicted molar refractivity (Wildman–Crippen MR) is 78.8 cm³/mol. The number of hydrogen-bond acceptors (Lipinski definition) is 4. The van der Waals surface area contributed by atoms with Crippen molar-refractivity contribution in [1.82, 2.24) is 9.78 Å². The van der Waals surface area contributed by atoms with E-state index in [4.69, 9.17) is 5.73 Å². The minimum absolute atomic E-state index is 0.112. The quantitative estimate of drug-likeness (QED) is 0.818. The highest BCUT2D eigenvalue weighted by molar-refractivity contribution is 9.10. The molecule has 0 fully saturated rings. The summed E-state index contributed by atoms with van der Waals surface area (Å²) in [5.41, 5.74) is 4.94. The highest BCUT2D eigenvalue weighted by atomic mass is 79.9. The van der Waals surface area contributed by atoms with Crippen molar-refractivity contribution in [3.63, 3.8) is 0 Å². The Bertz CT molecular complexity index is 713. The Morgan fingerprint density at radius 1 is 1.55 bits per heavy atom. The second-order valence-corrected chi connectivity index (χ2v) is 6.60. The number of hydrogen-bond donors (Lipinski definition) is 2. The van der Waals surface area contributed by atoms with Crippen molar-refractivity contribution in [3.8, 4) is 0 Å². The molecule has 0 saturated carbocycles. The van der Waals surface area contributed by atoms with E-state index < -0.39 is 24.2 Å². The monoisotopic (exact) mass is 394 g/mol. The third-order valence-corrected chi connectivity index (χ3v) is 5.15. The van der Waals surface area contributed by atoms with E-state index in [-0.39, 0.29) is 22.4 Å². The Morgan fingerprint density at radius 3 is 2.82 bits per heavy atom. The maximum absolute atomic E-state index is 13.4. The van der Waals surface area contributed by atoms with Crippen molar-refractivity contribution < 1.29 is 18.0 Å². The van der Waals surface area contributed by atoms with Gasteiger partial charge in [0.25, 0.3) is 5.91 Å². The standard InChI is InChI=1S/C12H10BrF3N4OS/c13-8-9(10(17)21)19-20-7(12(14,15)16)4-5(18-11(8)20)6-2-1-3-22-6/h1-3,5,7,18H,4H2,(H2,17,21)/t5-,7-/m0/s1. The average Bonchev–Trinajstić information content (AvgIpc) is 3.05. The summed E-state index contributed by atoms with van der Waals surface area (Å²) in [6.45, 7) is 0. The van der Waals surface area contributed by atoms with Gasteiger partial charge in [0.15, 0.2) is 11.7 Å². The molecule has 22 heavy (non-hydrogen) atoms. The van der Waals surface area contributed by atoms with Crippen molar-refractivity contribution in [3.05, 3.63) is 32.6 Å². The molecule has 0 bridgehead atoms. The maximum Gasteiger partial charge on any atom is 0.410 e. The topological polar surface area (TPSA) is 72.9 Å². The zero-order valence-electron chi connectivity index (χ0n) is 10.9. The molecule has 0 radical (unpaired) electrons. The first-order valence-electron chi connectivity index (χ1n) is 6.23. The number of nitrogens with zero attached hydrogens (tertiary/aromatic N) is 2. The highest BCUT2D eigenvalue weighted by Crippen LogP contribution is 2.46. The van der Waals surface area contributed by atoms with Gasteiger partial charge in [-0.25, -0.2) is 4.68 Å². The van der Waals surface area contributed by atoms with Crippen LogP contribution in [0.3, 0.4) is 0 Å². The zero-order valence-corrected chi connectivity index (χ0v) is 13.3. The summed E-state index contributed by atoms with van der Waals surface area (Å²) in [5, 5.41) is 8.53. The van der Waals surface area contributed by atoms with E-state index in [1.807, 2.05) is 0 Å². The van der Waals surface area contributed by atoms with Crippen molar-refractivity contribution >= 4 is 39.0 Å². The normalized spacial score (nSPS) is 21.3. The van der Waals surface area contributed by atoms with Crippen molar-refractivity contribution in [2.75, 3.05) is 5.32 Å². The first kappa shape index (κ1) is 15.3. The Morgan fingerprint density at radius 2 is 2.27 bits per heavy atom. The Hall–Kier alpha value is -1.55. The molecular weight excluding hydrogens is 385 g/mol. The molecule has 2 atom stereocenters. The number of alkyl halides is 3. The number of halogens is 4. The molecule has 10 heteroatoms. The summed E-state index contributed by atoms with van der Waals surface area (Å²) in [4.78, 5) is 12.1. The summed E-state index contributed by atoms with van der Waals surface area (Å²) < 4.78 is 41.0. The number of aromatic nitrogens is 2. The molecule has 0 unspecified atom stereocenters. The van der Waals surface area contributed by atoms with Crippen LogP contribution in [0.2, 0.25) is 0 Å². The Balaban J connectivity index is 2.10. The second kappa shape index (κ2) is 5.27. The number of thiophene rings is 1. The number of rotatable bonds is 2. The van der Waals surface area contributed by atoms with E-state index in [1.54, 1.807) is 17.5 Å². The Labute approximate surface area is 135 Å². The first-order chi connectivity index (χ1) is 10.3. The van der Waals surface area contributed by atoms with E-state index >= 15 is 0 Å². The van der Waals surface area contributed by atoms with Gasteiger partial charge < -0.3 is 11.1 Å². The molecule has 2 aromatic rings. The van der Waals surface area contributed by atoms with Gasteiger partial charge in [-0.15, -0.1) is 11.3 Å². The number of carbonyl (C=O) groups is 1. The van der Waals surface area contributed by atoms with Crippen LogP contribution in [0.5, 0.6) is 0 Å². The summed E-state index contributed by atoms with van der Waals surface area (Å²) in [7, 11) is 0. The van der Waals surface area contributed by atoms with Gasteiger partial charge in [-0.3, -0.25) is 4.79 Å². The first-order valence-corrected chi connectivity index (χ1v) is 7.90. The van der Waals surface area contributed by atoms with Gasteiger partial charge in [-0.05, 0) is 27.4 Å². The largest absolute Gasteiger partial charge is 0.410 e. The van der Waals surface area contributed by atoms with Crippen LogP contribution >= 0.6 is 27.3 Å². The van der Waals surface area contributed by atoms with Gasteiger partial charge >= 0.3 is 6.18 Å². The number of anilines is 1. The number of nitrogens with one attached hydrogen (secondary N) is 1. The lowest BCUT2D eigenvalue weighted by Crippen LogP contribution is -2.35. The van der Waals surface area contributed by atoms with Crippen LogP contribution in [0.4, 0.5) is 19.0 Å². The lowest BCUT2D eigenvalue weighted by molar-refractivity contribution is -0.173. The fourth-order valence-electron chi connectivity index (χ4n) is 2.42. The van der Waals surface area contributed by atoms with Gasteiger partial charge in [0.05, 0.1) is 10.5 Å². The molecular formula is C12H10BrF3N4OS. The van der Waals surface area contributed by atoms with Gasteiger partial charge in [0.2, 0.25) is 0 Å². The molecule has 3 rings (SSSR count). The maximum atomic E-state index is 13.4. The smallest absolute Gasteiger partial charge is 0.364 e.